The van der Waals surface area contributed by atoms with E-state index in [4.69, 9.17) is 4.74 Å². The van der Waals surface area contributed by atoms with Crippen molar-refractivity contribution in [2.24, 2.45) is 0 Å². The number of ether oxygens (including phenoxy) is 1. The fraction of sp³-hybridized carbons (Fsp3) is 0.615. The average Bonchev–Trinajstić information content (AvgIpc) is 2.88. The zero-order valence-electron chi connectivity index (χ0n) is 13.1. The van der Waals surface area contributed by atoms with Gasteiger partial charge in [0.25, 0.3) is 0 Å². The van der Waals surface area contributed by atoms with E-state index in [1.54, 1.807) is 16.7 Å². The molecule has 2 amide bonds. The molecule has 0 aliphatic carbocycles. The Hall–Kier alpha value is -2.65. The van der Waals surface area contributed by atoms with Gasteiger partial charge in [0.1, 0.15) is 18.4 Å². The fourth-order valence-electron chi connectivity index (χ4n) is 2.36. The first-order valence-electron chi connectivity index (χ1n) is 7.30. The number of carbonyl (C=O) groups excluding carboxylic acids is 2. The number of nitro groups is 1. The number of nitrogens with zero attached hydrogens (tertiary/aromatic N) is 5. The molecule has 1 aromatic rings. The van der Waals surface area contributed by atoms with Gasteiger partial charge in [-0.3, -0.25) is 19.6 Å². The van der Waals surface area contributed by atoms with Gasteiger partial charge in [0.15, 0.2) is 0 Å². The Morgan fingerprint density at radius 2 is 1.91 bits per heavy atom. The van der Waals surface area contributed by atoms with Crippen LogP contribution in [-0.2, 0) is 16.1 Å². The lowest BCUT2D eigenvalue weighted by Gasteiger charge is -2.34. The van der Waals surface area contributed by atoms with Crippen LogP contribution in [0.4, 0.5) is 10.5 Å². The Labute approximate surface area is 132 Å². The SMILES string of the molecule is CCOC(=O)N1CCN(C(=O)Cn2cc([N+](=O)[O-])c(C)n2)CC1. The first kappa shape index (κ1) is 16.7. The van der Waals surface area contributed by atoms with Crippen LogP contribution in [0.5, 0.6) is 0 Å². The number of hydrogen-bond acceptors (Lipinski definition) is 6. The number of rotatable bonds is 4. The van der Waals surface area contributed by atoms with Crippen LogP contribution in [0.1, 0.15) is 12.6 Å². The van der Waals surface area contributed by atoms with E-state index in [-0.39, 0.29) is 29.9 Å². The van der Waals surface area contributed by atoms with Crippen molar-refractivity contribution in [3.8, 4) is 0 Å². The van der Waals surface area contributed by atoms with Crippen molar-refractivity contribution in [2.45, 2.75) is 20.4 Å². The van der Waals surface area contributed by atoms with Gasteiger partial charge in [0.05, 0.1) is 11.5 Å². The number of amides is 2. The summed E-state index contributed by atoms with van der Waals surface area (Å²) in [6.45, 7) is 5.13. The number of aromatic nitrogens is 2. The highest BCUT2D eigenvalue weighted by Gasteiger charge is 2.25. The van der Waals surface area contributed by atoms with E-state index in [2.05, 4.69) is 5.10 Å². The molecule has 2 heterocycles. The highest BCUT2D eigenvalue weighted by Crippen LogP contribution is 2.15. The topological polar surface area (TPSA) is 111 Å². The van der Waals surface area contributed by atoms with Gasteiger partial charge in [-0.05, 0) is 13.8 Å². The molecule has 0 atom stereocenters. The molecule has 23 heavy (non-hydrogen) atoms. The zero-order valence-corrected chi connectivity index (χ0v) is 13.1. The van der Waals surface area contributed by atoms with Crippen molar-refractivity contribution in [1.29, 1.82) is 0 Å². The molecule has 0 unspecified atom stereocenters. The Balaban J connectivity index is 1.89. The van der Waals surface area contributed by atoms with Gasteiger partial charge >= 0.3 is 11.8 Å². The molecule has 1 saturated heterocycles. The Morgan fingerprint density at radius 3 is 2.43 bits per heavy atom. The second kappa shape index (κ2) is 7.07. The van der Waals surface area contributed by atoms with Crippen LogP contribution in [0.2, 0.25) is 0 Å². The van der Waals surface area contributed by atoms with Crippen molar-refractivity contribution in [3.05, 3.63) is 22.0 Å². The number of piperazine rings is 1. The van der Waals surface area contributed by atoms with Crippen LogP contribution >= 0.6 is 0 Å². The van der Waals surface area contributed by atoms with Crippen LogP contribution in [0.15, 0.2) is 6.20 Å². The molecule has 2 rings (SSSR count). The van der Waals surface area contributed by atoms with Gasteiger partial charge in [0.2, 0.25) is 5.91 Å². The van der Waals surface area contributed by atoms with Crippen molar-refractivity contribution in [1.82, 2.24) is 19.6 Å². The summed E-state index contributed by atoms with van der Waals surface area (Å²) in [5, 5.41) is 14.8. The van der Waals surface area contributed by atoms with Crippen LogP contribution in [0, 0.1) is 17.0 Å². The molecule has 0 radical (unpaired) electrons. The van der Waals surface area contributed by atoms with Crippen LogP contribution < -0.4 is 0 Å². The standard InChI is InChI=1S/C13H19N5O5/c1-3-23-13(20)16-6-4-15(5-7-16)12(19)9-17-8-11(18(21)22)10(2)14-17/h8H,3-7,9H2,1-2H3. The molecule has 1 aliphatic heterocycles. The molecular formula is C13H19N5O5. The van der Waals surface area contributed by atoms with Crippen LogP contribution in [0.25, 0.3) is 0 Å². The lowest BCUT2D eigenvalue weighted by molar-refractivity contribution is -0.385. The Morgan fingerprint density at radius 1 is 1.30 bits per heavy atom. The molecule has 1 aliphatic rings. The van der Waals surface area contributed by atoms with E-state index >= 15 is 0 Å². The normalized spacial score (nSPS) is 14.7. The number of hydrogen-bond donors (Lipinski definition) is 0. The van der Waals surface area contributed by atoms with Gasteiger partial charge in [0, 0.05) is 26.2 Å². The van der Waals surface area contributed by atoms with Gasteiger partial charge in [-0.1, -0.05) is 0 Å². The van der Waals surface area contributed by atoms with E-state index in [1.165, 1.54) is 17.8 Å². The maximum Gasteiger partial charge on any atom is 0.409 e. The smallest absolute Gasteiger partial charge is 0.409 e. The van der Waals surface area contributed by atoms with E-state index in [0.29, 0.717) is 32.8 Å². The molecule has 0 bridgehead atoms. The number of aryl methyl sites for hydroxylation is 1. The van der Waals surface area contributed by atoms with Gasteiger partial charge < -0.3 is 14.5 Å². The quantitative estimate of drug-likeness (QED) is 0.585. The highest BCUT2D eigenvalue weighted by molar-refractivity contribution is 5.76. The van der Waals surface area contributed by atoms with Crippen LogP contribution in [0.3, 0.4) is 0 Å². The third kappa shape index (κ3) is 3.96. The van der Waals surface area contributed by atoms with E-state index in [0.717, 1.165) is 0 Å². The second-order valence-corrected chi connectivity index (χ2v) is 5.12. The molecule has 0 saturated carbocycles. The minimum Gasteiger partial charge on any atom is -0.450 e. The maximum atomic E-state index is 12.2. The lowest BCUT2D eigenvalue weighted by Crippen LogP contribution is -2.51. The largest absolute Gasteiger partial charge is 0.450 e. The van der Waals surface area contributed by atoms with E-state index in [9.17, 15) is 19.7 Å². The summed E-state index contributed by atoms with van der Waals surface area (Å²) in [4.78, 5) is 37.2. The predicted octanol–water partition coefficient (Wildman–Crippen LogP) is 0.400. The van der Waals surface area contributed by atoms with Gasteiger partial charge in [-0.15, -0.1) is 0 Å². The summed E-state index contributed by atoms with van der Waals surface area (Å²) in [6.07, 6.45) is 0.875. The molecule has 0 N–H and O–H groups in total. The maximum absolute atomic E-state index is 12.2. The molecule has 10 heteroatoms. The Bertz CT molecular complexity index is 606. The summed E-state index contributed by atoms with van der Waals surface area (Å²) in [5.41, 5.74) is 0.167. The average molecular weight is 325 g/mol. The first-order valence-corrected chi connectivity index (χ1v) is 7.30. The fourth-order valence-corrected chi connectivity index (χ4v) is 2.36. The lowest BCUT2D eigenvalue weighted by atomic mass is 10.3. The molecular weight excluding hydrogens is 306 g/mol. The van der Waals surface area contributed by atoms with Crippen molar-refractivity contribution in [3.63, 3.8) is 0 Å². The summed E-state index contributed by atoms with van der Waals surface area (Å²) in [7, 11) is 0. The Kier molecular flexibility index (Phi) is 5.14. The predicted molar refractivity (Wildman–Crippen MR) is 78.8 cm³/mol. The summed E-state index contributed by atoms with van der Waals surface area (Å²) >= 11 is 0. The number of carbonyl (C=O) groups is 2. The monoisotopic (exact) mass is 325 g/mol. The minimum absolute atomic E-state index is 0.0614. The van der Waals surface area contributed by atoms with Crippen LogP contribution in [-0.4, -0.2) is 69.3 Å². The van der Waals surface area contributed by atoms with Crippen molar-refractivity contribution >= 4 is 17.7 Å². The molecule has 126 valence electrons. The highest BCUT2D eigenvalue weighted by atomic mass is 16.6. The third-order valence-corrected chi connectivity index (χ3v) is 3.57. The first-order chi connectivity index (χ1) is 10.9. The molecule has 1 fully saturated rings. The summed E-state index contributed by atoms with van der Waals surface area (Å²) in [5.74, 6) is -0.189. The third-order valence-electron chi connectivity index (χ3n) is 3.57. The second-order valence-electron chi connectivity index (χ2n) is 5.12. The van der Waals surface area contributed by atoms with Gasteiger partial charge in [-0.2, -0.15) is 5.10 Å². The van der Waals surface area contributed by atoms with Gasteiger partial charge in [-0.25, -0.2) is 4.79 Å². The van der Waals surface area contributed by atoms with Crippen molar-refractivity contribution < 1.29 is 19.2 Å². The summed E-state index contributed by atoms with van der Waals surface area (Å²) < 4.78 is 6.19. The summed E-state index contributed by atoms with van der Waals surface area (Å²) in [6, 6.07) is 0. The molecule has 0 aromatic carbocycles. The molecule has 0 spiro atoms. The van der Waals surface area contributed by atoms with Crippen molar-refractivity contribution in [2.75, 3.05) is 32.8 Å². The zero-order chi connectivity index (χ0) is 17.0. The minimum atomic E-state index is -0.526. The van der Waals surface area contributed by atoms with E-state index < -0.39 is 4.92 Å². The van der Waals surface area contributed by atoms with E-state index in [1.807, 2.05) is 0 Å². The molecule has 1 aromatic heterocycles. The molecule has 10 nitrogen and oxygen atoms in total.